The molecule has 0 unspecified atom stereocenters. The molecule has 16 heavy (non-hydrogen) atoms. The van der Waals surface area contributed by atoms with Crippen LogP contribution in [0.15, 0.2) is 29.6 Å². The van der Waals surface area contributed by atoms with Crippen LogP contribution in [0.3, 0.4) is 0 Å². The van der Waals surface area contributed by atoms with Crippen molar-refractivity contribution in [3.63, 3.8) is 0 Å². The minimum atomic E-state index is -1.29. The van der Waals surface area contributed by atoms with E-state index >= 15 is 0 Å². The van der Waals surface area contributed by atoms with Gasteiger partial charge in [-0.25, -0.2) is 9.18 Å². The highest BCUT2D eigenvalue weighted by Crippen LogP contribution is 2.36. The van der Waals surface area contributed by atoms with Crippen molar-refractivity contribution in [1.29, 1.82) is 0 Å². The number of benzene rings is 1. The van der Waals surface area contributed by atoms with Gasteiger partial charge in [-0.05, 0) is 17.5 Å². The lowest BCUT2D eigenvalue weighted by Gasteiger charge is -2.05. The molecule has 0 radical (unpaired) electrons. The first-order valence-corrected chi connectivity index (χ1v) is 5.62. The Kier molecular flexibility index (Phi) is 2.94. The van der Waals surface area contributed by atoms with Crippen LogP contribution in [0.4, 0.5) is 4.39 Å². The Labute approximate surface area is 99.9 Å². The van der Waals surface area contributed by atoms with Gasteiger partial charge in [0, 0.05) is 5.56 Å². The van der Waals surface area contributed by atoms with E-state index in [0.29, 0.717) is 15.5 Å². The average Bonchev–Trinajstić information content (AvgIpc) is 2.63. The van der Waals surface area contributed by atoms with Crippen LogP contribution in [0.25, 0.3) is 10.4 Å². The highest BCUT2D eigenvalue weighted by Gasteiger charge is 2.18. The molecule has 0 aliphatic heterocycles. The van der Waals surface area contributed by atoms with E-state index < -0.39 is 11.8 Å². The number of hydrogen-bond donors (Lipinski definition) is 1. The van der Waals surface area contributed by atoms with Gasteiger partial charge in [-0.1, -0.05) is 23.7 Å². The summed E-state index contributed by atoms with van der Waals surface area (Å²) in [6.45, 7) is 0. The molecule has 0 bridgehead atoms. The molecule has 0 atom stereocenters. The number of carbonyl (C=O) groups is 1. The fourth-order valence-corrected chi connectivity index (χ4v) is 2.61. The second-order valence-electron chi connectivity index (χ2n) is 3.07. The van der Waals surface area contributed by atoms with Crippen LogP contribution < -0.4 is 0 Å². The summed E-state index contributed by atoms with van der Waals surface area (Å²) in [5, 5.41) is 11.1. The van der Waals surface area contributed by atoms with Crippen molar-refractivity contribution in [1.82, 2.24) is 0 Å². The summed E-state index contributed by atoms with van der Waals surface area (Å²) in [7, 11) is 0. The van der Waals surface area contributed by atoms with Gasteiger partial charge in [0.05, 0.1) is 9.90 Å². The number of halogens is 2. The van der Waals surface area contributed by atoms with E-state index in [1.807, 2.05) is 0 Å². The van der Waals surface area contributed by atoms with Gasteiger partial charge >= 0.3 is 5.97 Å². The number of rotatable bonds is 2. The van der Waals surface area contributed by atoms with E-state index in [1.165, 1.54) is 17.4 Å². The fraction of sp³-hybridized carbons (Fsp3) is 0. The van der Waals surface area contributed by atoms with Crippen LogP contribution in [-0.2, 0) is 0 Å². The molecular formula is C11H6ClFO2S. The van der Waals surface area contributed by atoms with Crippen molar-refractivity contribution in [3.05, 3.63) is 46.0 Å². The minimum absolute atomic E-state index is 0.313. The molecule has 0 saturated carbocycles. The Morgan fingerprint density at radius 1 is 1.38 bits per heavy atom. The number of thiophene rings is 1. The molecule has 82 valence electrons. The van der Waals surface area contributed by atoms with Gasteiger partial charge in [0.15, 0.2) is 0 Å². The molecule has 0 aliphatic carbocycles. The normalized spacial score (nSPS) is 10.4. The summed E-state index contributed by atoms with van der Waals surface area (Å²) in [5.74, 6) is -2.05. The predicted molar refractivity (Wildman–Crippen MR) is 61.7 cm³/mol. The number of carboxylic acids is 1. The first-order valence-electron chi connectivity index (χ1n) is 4.36. The van der Waals surface area contributed by atoms with E-state index in [-0.39, 0.29) is 5.56 Å². The maximum Gasteiger partial charge on any atom is 0.339 e. The Morgan fingerprint density at radius 2 is 2.12 bits per heavy atom. The van der Waals surface area contributed by atoms with Gasteiger partial charge in [-0.15, -0.1) is 11.3 Å². The summed E-state index contributed by atoms with van der Waals surface area (Å²) >= 11 is 7.18. The molecule has 1 aromatic carbocycles. The quantitative estimate of drug-likeness (QED) is 0.885. The molecule has 1 heterocycles. The fourth-order valence-electron chi connectivity index (χ4n) is 1.42. The lowest BCUT2D eigenvalue weighted by Crippen LogP contribution is -2.02. The number of aromatic carboxylic acids is 1. The summed E-state index contributed by atoms with van der Waals surface area (Å²) in [6, 6.07) is 5.78. The Morgan fingerprint density at radius 3 is 2.69 bits per heavy atom. The maximum absolute atomic E-state index is 13.4. The van der Waals surface area contributed by atoms with Crippen LogP contribution >= 0.6 is 22.9 Å². The summed E-state index contributed by atoms with van der Waals surface area (Å²) in [6.07, 6.45) is 0. The minimum Gasteiger partial charge on any atom is -0.478 e. The van der Waals surface area contributed by atoms with E-state index in [1.54, 1.807) is 17.5 Å². The smallest absolute Gasteiger partial charge is 0.339 e. The molecule has 0 fully saturated rings. The molecule has 1 N–H and O–H groups in total. The lowest BCUT2D eigenvalue weighted by atomic mass is 10.1. The monoisotopic (exact) mass is 256 g/mol. The zero-order valence-corrected chi connectivity index (χ0v) is 9.48. The summed E-state index contributed by atoms with van der Waals surface area (Å²) in [5.41, 5.74) is -0.0284. The summed E-state index contributed by atoms with van der Waals surface area (Å²) in [4.78, 5) is 11.5. The van der Waals surface area contributed by atoms with E-state index in [0.717, 1.165) is 6.07 Å². The van der Waals surface area contributed by atoms with Crippen LogP contribution in [0.5, 0.6) is 0 Å². The molecule has 0 saturated heterocycles. The number of hydrogen-bond acceptors (Lipinski definition) is 2. The Balaban J connectivity index is 2.70. The molecule has 0 spiro atoms. The maximum atomic E-state index is 13.4. The molecule has 2 rings (SSSR count). The van der Waals surface area contributed by atoms with Gasteiger partial charge < -0.3 is 5.11 Å². The summed E-state index contributed by atoms with van der Waals surface area (Å²) < 4.78 is 13.4. The molecule has 1 aromatic heterocycles. The highest BCUT2D eigenvalue weighted by molar-refractivity contribution is 7.14. The first kappa shape index (κ1) is 11.1. The van der Waals surface area contributed by atoms with Crippen LogP contribution in [0, 0.1) is 5.82 Å². The van der Waals surface area contributed by atoms with Gasteiger partial charge in [0.1, 0.15) is 11.4 Å². The van der Waals surface area contributed by atoms with Gasteiger partial charge in [-0.2, -0.15) is 0 Å². The second-order valence-corrected chi connectivity index (χ2v) is 4.39. The van der Waals surface area contributed by atoms with Crippen LogP contribution in [-0.4, -0.2) is 11.1 Å². The van der Waals surface area contributed by atoms with Gasteiger partial charge in [0.25, 0.3) is 0 Å². The van der Waals surface area contributed by atoms with Gasteiger partial charge in [0.2, 0.25) is 0 Å². The first-order chi connectivity index (χ1) is 7.61. The third-order valence-corrected chi connectivity index (χ3v) is 3.46. The third kappa shape index (κ3) is 1.81. The van der Waals surface area contributed by atoms with Crippen molar-refractivity contribution in [2.24, 2.45) is 0 Å². The molecule has 2 nitrogen and oxygen atoms in total. The lowest BCUT2D eigenvalue weighted by molar-refractivity contribution is 0.0693. The molecule has 5 heteroatoms. The standard InChI is InChI=1S/C11H6ClFO2S/c12-7-4-5-16-10(7)6-2-1-3-8(13)9(6)11(14)15/h1-5H,(H,14,15). The zero-order chi connectivity index (χ0) is 11.7. The van der Waals surface area contributed by atoms with E-state index in [9.17, 15) is 9.18 Å². The SMILES string of the molecule is O=C(O)c1c(F)cccc1-c1sccc1Cl. The number of carboxylic acid groups (broad SMARTS) is 1. The molecular weight excluding hydrogens is 251 g/mol. The second kappa shape index (κ2) is 4.23. The van der Waals surface area contributed by atoms with Crippen molar-refractivity contribution in [3.8, 4) is 10.4 Å². The third-order valence-electron chi connectivity index (χ3n) is 2.09. The van der Waals surface area contributed by atoms with Crippen molar-refractivity contribution in [2.75, 3.05) is 0 Å². The Bertz CT molecular complexity index is 551. The van der Waals surface area contributed by atoms with Crippen LogP contribution in [0.2, 0.25) is 5.02 Å². The molecule has 0 aliphatic rings. The van der Waals surface area contributed by atoms with E-state index in [2.05, 4.69) is 0 Å². The van der Waals surface area contributed by atoms with Crippen molar-refractivity contribution in [2.45, 2.75) is 0 Å². The average molecular weight is 257 g/mol. The van der Waals surface area contributed by atoms with E-state index in [4.69, 9.17) is 16.7 Å². The predicted octanol–water partition coefficient (Wildman–Crippen LogP) is 3.91. The molecule has 0 amide bonds. The Hall–Kier alpha value is -1.39. The molecule has 2 aromatic rings. The topological polar surface area (TPSA) is 37.3 Å². The van der Waals surface area contributed by atoms with Crippen LogP contribution in [0.1, 0.15) is 10.4 Å². The largest absolute Gasteiger partial charge is 0.478 e. The van der Waals surface area contributed by atoms with Crippen molar-refractivity contribution < 1.29 is 14.3 Å². The van der Waals surface area contributed by atoms with Crippen molar-refractivity contribution >= 4 is 28.9 Å². The highest BCUT2D eigenvalue weighted by atomic mass is 35.5. The zero-order valence-electron chi connectivity index (χ0n) is 7.91. The van der Waals surface area contributed by atoms with Gasteiger partial charge in [-0.3, -0.25) is 0 Å².